The number of piperidine rings is 1. The first-order chi connectivity index (χ1) is 11.2. The summed E-state index contributed by atoms with van der Waals surface area (Å²) < 4.78 is 0. The fraction of sp³-hybridized carbons (Fsp3) is 0.882. The lowest BCUT2D eigenvalue weighted by Gasteiger charge is -2.35. The van der Waals surface area contributed by atoms with Crippen LogP contribution in [-0.2, 0) is 4.79 Å². The second kappa shape index (κ2) is 11.9. The first kappa shape index (κ1) is 21.5. The van der Waals surface area contributed by atoms with Gasteiger partial charge in [-0.1, -0.05) is 12.8 Å². The van der Waals surface area contributed by atoms with Gasteiger partial charge in [-0.2, -0.15) is 0 Å². The van der Waals surface area contributed by atoms with Crippen LogP contribution in [0.2, 0.25) is 0 Å². The van der Waals surface area contributed by atoms with Crippen LogP contribution in [0, 0.1) is 5.92 Å². The van der Waals surface area contributed by atoms with Gasteiger partial charge in [0.2, 0.25) is 5.91 Å². The number of nitrogens with zero attached hydrogens (tertiary/aromatic N) is 3. The van der Waals surface area contributed by atoms with E-state index in [1.165, 1.54) is 38.8 Å². The Morgan fingerprint density at radius 1 is 1.17 bits per heavy atom. The normalized spacial score (nSPS) is 23.3. The first-order valence-electron chi connectivity index (χ1n) is 9.15. The predicted octanol–water partition coefficient (Wildman–Crippen LogP) is 1.64. The van der Waals surface area contributed by atoms with Crippen molar-refractivity contribution in [1.82, 2.24) is 15.1 Å². The second-order valence-electron chi connectivity index (χ2n) is 6.85. The summed E-state index contributed by atoms with van der Waals surface area (Å²) in [5.41, 5.74) is 5.34. The van der Waals surface area contributed by atoms with E-state index < -0.39 is 0 Å². The highest BCUT2D eigenvalue weighted by molar-refractivity contribution is 14.0. The van der Waals surface area contributed by atoms with Crippen molar-refractivity contribution in [3.05, 3.63) is 0 Å². The SMILES string of the molecule is CN=C(NCCN1CCCCCC1)N1CCCC(CC(N)=O)C1.I. The van der Waals surface area contributed by atoms with E-state index in [-0.39, 0.29) is 29.9 Å². The van der Waals surface area contributed by atoms with E-state index in [0.717, 1.165) is 45.0 Å². The van der Waals surface area contributed by atoms with Gasteiger partial charge in [-0.05, 0) is 44.7 Å². The molecule has 0 aliphatic carbocycles. The maximum Gasteiger partial charge on any atom is 0.217 e. The average Bonchev–Trinajstić information content (AvgIpc) is 2.80. The zero-order valence-corrected chi connectivity index (χ0v) is 17.3. The fourth-order valence-electron chi connectivity index (χ4n) is 3.73. The van der Waals surface area contributed by atoms with Gasteiger partial charge in [0.15, 0.2) is 5.96 Å². The van der Waals surface area contributed by atoms with Crippen LogP contribution >= 0.6 is 24.0 Å². The lowest BCUT2D eigenvalue weighted by atomic mass is 9.95. The molecule has 6 nitrogen and oxygen atoms in total. The van der Waals surface area contributed by atoms with Gasteiger partial charge in [-0.25, -0.2) is 0 Å². The molecule has 2 aliphatic rings. The van der Waals surface area contributed by atoms with Gasteiger partial charge >= 0.3 is 0 Å². The van der Waals surface area contributed by atoms with Crippen molar-refractivity contribution in [3.63, 3.8) is 0 Å². The molecular weight excluding hydrogens is 417 g/mol. The first-order valence-corrected chi connectivity index (χ1v) is 9.15. The van der Waals surface area contributed by atoms with Crippen molar-refractivity contribution < 1.29 is 4.79 Å². The molecule has 7 heteroatoms. The van der Waals surface area contributed by atoms with E-state index in [4.69, 9.17) is 5.73 Å². The van der Waals surface area contributed by atoms with Crippen LogP contribution in [0.1, 0.15) is 44.9 Å². The number of hydrogen-bond acceptors (Lipinski definition) is 3. The maximum atomic E-state index is 11.1. The number of aliphatic imine (C=N–C) groups is 1. The molecule has 1 unspecified atom stereocenters. The Hall–Kier alpha value is -0.570. The summed E-state index contributed by atoms with van der Waals surface area (Å²) in [5, 5.41) is 3.50. The number of likely N-dealkylation sites (tertiary alicyclic amines) is 2. The number of guanidine groups is 1. The van der Waals surface area contributed by atoms with Crippen molar-refractivity contribution in [2.45, 2.75) is 44.9 Å². The highest BCUT2D eigenvalue weighted by Gasteiger charge is 2.23. The molecular formula is C17H34IN5O. The maximum absolute atomic E-state index is 11.1. The number of carbonyl (C=O) groups excluding carboxylic acids is 1. The molecule has 0 aromatic carbocycles. The third-order valence-electron chi connectivity index (χ3n) is 4.93. The quantitative estimate of drug-likeness (QED) is 0.379. The molecule has 3 N–H and O–H groups in total. The number of nitrogens with two attached hydrogens (primary N) is 1. The molecule has 2 saturated heterocycles. The van der Waals surface area contributed by atoms with E-state index in [2.05, 4.69) is 20.1 Å². The Bertz CT molecular complexity index is 396. The van der Waals surface area contributed by atoms with Crippen LogP contribution < -0.4 is 11.1 Å². The molecule has 0 radical (unpaired) electrons. The summed E-state index contributed by atoms with van der Waals surface area (Å²) in [5.74, 6) is 1.14. The van der Waals surface area contributed by atoms with E-state index in [1.54, 1.807) is 0 Å². The van der Waals surface area contributed by atoms with Crippen molar-refractivity contribution in [2.24, 2.45) is 16.6 Å². The van der Waals surface area contributed by atoms with Gasteiger partial charge in [0.05, 0.1) is 0 Å². The van der Waals surface area contributed by atoms with Crippen LogP contribution in [0.4, 0.5) is 0 Å². The van der Waals surface area contributed by atoms with E-state index in [0.29, 0.717) is 12.3 Å². The molecule has 2 fully saturated rings. The summed E-state index contributed by atoms with van der Waals surface area (Å²) >= 11 is 0. The van der Waals surface area contributed by atoms with Crippen LogP contribution in [0.5, 0.6) is 0 Å². The van der Waals surface area contributed by atoms with Crippen LogP contribution in [0.15, 0.2) is 4.99 Å². The zero-order valence-electron chi connectivity index (χ0n) is 15.0. The Labute approximate surface area is 163 Å². The van der Waals surface area contributed by atoms with Crippen molar-refractivity contribution in [2.75, 3.05) is 46.3 Å². The monoisotopic (exact) mass is 451 g/mol. The molecule has 2 aliphatic heterocycles. The Morgan fingerprint density at radius 2 is 1.88 bits per heavy atom. The minimum absolute atomic E-state index is 0. The highest BCUT2D eigenvalue weighted by atomic mass is 127. The van der Waals surface area contributed by atoms with E-state index in [9.17, 15) is 4.79 Å². The zero-order chi connectivity index (χ0) is 16.5. The van der Waals surface area contributed by atoms with Gasteiger partial charge in [-0.3, -0.25) is 9.79 Å². The van der Waals surface area contributed by atoms with Gasteiger partial charge in [-0.15, -0.1) is 24.0 Å². The molecule has 2 rings (SSSR count). The summed E-state index contributed by atoms with van der Waals surface area (Å²) in [7, 11) is 1.84. The molecule has 0 aromatic rings. The van der Waals surface area contributed by atoms with Crippen LogP contribution in [-0.4, -0.2) is 68.0 Å². The smallest absolute Gasteiger partial charge is 0.217 e. The van der Waals surface area contributed by atoms with Gasteiger partial charge in [0, 0.05) is 39.6 Å². The van der Waals surface area contributed by atoms with Crippen molar-refractivity contribution in [1.29, 1.82) is 0 Å². The predicted molar refractivity (Wildman–Crippen MR) is 110 cm³/mol. The molecule has 0 bridgehead atoms. The Balaban J connectivity index is 0.00000288. The fourth-order valence-corrected chi connectivity index (χ4v) is 3.73. The minimum Gasteiger partial charge on any atom is -0.370 e. The molecule has 2 heterocycles. The van der Waals surface area contributed by atoms with Gasteiger partial charge in [0.25, 0.3) is 0 Å². The molecule has 0 saturated carbocycles. The number of rotatable bonds is 5. The van der Waals surface area contributed by atoms with E-state index in [1.807, 2.05) is 7.05 Å². The largest absolute Gasteiger partial charge is 0.370 e. The number of primary amides is 1. The van der Waals surface area contributed by atoms with E-state index >= 15 is 0 Å². The number of amides is 1. The summed E-state index contributed by atoms with van der Waals surface area (Å²) in [6.07, 6.45) is 8.09. The third kappa shape index (κ3) is 7.55. The number of hydrogen-bond donors (Lipinski definition) is 2. The Kier molecular flexibility index (Phi) is 10.6. The number of carbonyl (C=O) groups is 1. The molecule has 1 atom stereocenters. The minimum atomic E-state index is -0.194. The third-order valence-corrected chi connectivity index (χ3v) is 4.93. The number of halogens is 1. The lowest BCUT2D eigenvalue weighted by Crippen LogP contribution is -2.48. The summed E-state index contributed by atoms with van der Waals surface area (Å²) in [4.78, 5) is 20.4. The van der Waals surface area contributed by atoms with Crippen LogP contribution in [0.25, 0.3) is 0 Å². The van der Waals surface area contributed by atoms with Crippen LogP contribution in [0.3, 0.4) is 0 Å². The lowest BCUT2D eigenvalue weighted by molar-refractivity contribution is -0.119. The summed E-state index contributed by atoms with van der Waals surface area (Å²) in [6.45, 7) is 6.36. The second-order valence-corrected chi connectivity index (χ2v) is 6.85. The van der Waals surface area contributed by atoms with Crippen molar-refractivity contribution in [3.8, 4) is 0 Å². The molecule has 0 aromatic heterocycles. The molecule has 140 valence electrons. The highest BCUT2D eigenvalue weighted by Crippen LogP contribution is 2.19. The summed E-state index contributed by atoms with van der Waals surface area (Å²) in [6, 6.07) is 0. The average molecular weight is 451 g/mol. The number of nitrogens with one attached hydrogen (secondary N) is 1. The Morgan fingerprint density at radius 3 is 2.50 bits per heavy atom. The molecule has 0 spiro atoms. The van der Waals surface area contributed by atoms with Gasteiger partial charge < -0.3 is 20.9 Å². The standard InChI is InChI=1S/C17H33N5O.HI/c1-19-17(20-8-12-21-9-4-2-3-5-10-21)22-11-6-7-15(14-22)13-16(18)23;/h15H,2-14H2,1H3,(H2,18,23)(H,19,20);1H. The molecule has 24 heavy (non-hydrogen) atoms. The van der Waals surface area contributed by atoms with Gasteiger partial charge in [0.1, 0.15) is 0 Å². The van der Waals surface area contributed by atoms with Crippen molar-refractivity contribution >= 4 is 35.8 Å². The molecule has 1 amide bonds. The topological polar surface area (TPSA) is 74.0 Å².